The second kappa shape index (κ2) is 8.52. The lowest BCUT2D eigenvalue weighted by atomic mass is 10.2. The van der Waals surface area contributed by atoms with Crippen molar-refractivity contribution < 1.29 is 26.3 Å². The minimum Gasteiger partial charge on any atom is -0.472 e. The lowest BCUT2D eigenvalue weighted by Crippen LogP contribution is -2.39. The molecule has 0 amide bonds. The molecule has 0 N–H and O–H groups in total. The summed E-state index contributed by atoms with van der Waals surface area (Å²) < 4.78 is 72.2. The third-order valence-corrected chi connectivity index (χ3v) is 8.39. The first-order valence-corrected chi connectivity index (χ1v) is 12.5. The Labute approximate surface area is 190 Å². The first-order valence-electron chi connectivity index (χ1n) is 11.1. The molecule has 0 radical (unpaired) electrons. The van der Waals surface area contributed by atoms with Crippen LogP contribution in [0.4, 0.5) is 13.2 Å². The minimum absolute atomic E-state index is 0.0274. The zero-order valence-corrected chi connectivity index (χ0v) is 18.7. The fraction of sp³-hybridized carbons (Fsp3) is 0.545. The minimum atomic E-state index is -4.51. The molecule has 33 heavy (non-hydrogen) atoms. The number of aromatic nitrogens is 2. The number of hydrogen-bond acceptors (Lipinski definition) is 6. The molecule has 2 saturated heterocycles. The highest BCUT2D eigenvalue weighted by atomic mass is 32.2. The average Bonchev–Trinajstić information content (AvgIpc) is 3.59. The van der Waals surface area contributed by atoms with E-state index < -0.39 is 21.8 Å². The van der Waals surface area contributed by atoms with Gasteiger partial charge < -0.3 is 4.74 Å². The van der Waals surface area contributed by atoms with Crippen LogP contribution in [-0.2, 0) is 16.2 Å². The molecule has 3 aliphatic rings. The molecule has 0 bridgehead atoms. The second-order valence-corrected chi connectivity index (χ2v) is 10.9. The quantitative estimate of drug-likeness (QED) is 0.651. The molecular formula is C22H25F3N4O3S. The molecule has 0 unspecified atom stereocenters. The van der Waals surface area contributed by atoms with Crippen molar-refractivity contribution in [3.63, 3.8) is 0 Å². The summed E-state index contributed by atoms with van der Waals surface area (Å²) in [6.45, 7) is 2.01. The lowest BCUT2D eigenvalue weighted by Gasteiger charge is -2.25. The van der Waals surface area contributed by atoms with Crippen LogP contribution in [-0.4, -0.2) is 65.9 Å². The van der Waals surface area contributed by atoms with Gasteiger partial charge in [-0.05, 0) is 50.1 Å². The van der Waals surface area contributed by atoms with Crippen molar-refractivity contribution >= 4 is 10.0 Å². The molecule has 2 aromatic rings. The van der Waals surface area contributed by atoms with Gasteiger partial charge in [-0.2, -0.15) is 17.5 Å². The standard InChI is InChI=1S/C22H25F3N4O3S/c23-22(24,25)16-4-6-19(7-5-16)33(30,31)29-9-1-8-28-14-18(10-17(28)13-29)32-21-12-26-20(11-27-21)15-2-3-15/h4-7,11-12,15,17-18H,1-3,8-10,13-14H2/t17-,18-/m0/s1. The van der Waals surface area contributed by atoms with Crippen molar-refractivity contribution in [3.05, 3.63) is 47.9 Å². The van der Waals surface area contributed by atoms with Gasteiger partial charge in [-0.1, -0.05) is 0 Å². The number of nitrogens with zero attached hydrogens (tertiary/aromatic N) is 4. The maximum absolute atomic E-state index is 13.1. The van der Waals surface area contributed by atoms with E-state index in [1.807, 2.05) is 0 Å². The van der Waals surface area contributed by atoms with Crippen molar-refractivity contribution in [2.45, 2.75) is 54.8 Å². The molecule has 2 atom stereocenters. The van der Waals surface area contributed by atoms with Crippen LogP contribution in [0.15, 0.2) is 41.6 Å². The number of benzene rings is 1. The van der Waals surface area contributed by atoms with Crippen molar-refractivity contribution in [1.29, 1.82) is 0 Å². The third-order valence-electron chi connectivity index (χ3n) is 6.51. The van der Waals surface area contributed by atoms with Gasteiger partial charge in [-0.25, -0.2) is 13.4 Å². The number of ether oxygens (including phenoxy) is 1. The summed E-state index contributed by atoms with van der Waals surface area (Å²) in [6.07, 6.45) is 2.37. The van der Waals surface area contributed by atoms with Crippen molar-refractivity contribution in [2.24, 2.45) is 0 Å². The largest absolute Gasteiger partial charge is 0.472 e. The van der Waals surface area contributed by atoms with E-state index in [4.69, 9.17) is 4.74 Å². The number of sulfonamides is 1. The predicted octanol–water partition coefficient (Wildman–Crippen LogP) is 3.29. The Balaban J connectivity index is 1.25. The Morgan fingerprint density at radius 3 is 2.39 bits per heavy atom. The van der Waals surface area contributed by atoms with E-state index in [1.54, 1.807) is 12.4 Å². The van der Waals surface area contributed by atoms with Gasteiger partial charge in [0.1, 0.15) is 6.10 Å². The van der Waals surface area contributed by atoms with Crippen LogP contribution in [0, 0.1) is 0 Å². The van der Waals surface area contributed by atoms with E-state index in [0.717, 1.165) is 49.3 Å². The number of alkyl halides is 3. The Kier molecular flexibility index (Phi) is 5.82. The molecule has 1 aliphatic carbocycles. The van der Waals surface area contributed by atoms with Crippen LogP contribution in [0.25, 0.3) is 0 Å². The van der Waals surface area contributed by atoms with Gasteiger partial charge in [-0.15, -0.1) is 0 Å². The molecule has 5 rings (SSSR count). The van der Waals surface area contributed by atoms with E-state index in [0.29, 0.717) is 37.7 Å². The first-order chi connectivity index (χ1) is 15.7. The van der Waals surface area contributed by atoms with Crippen LogP contribution in [0.5, 0.6) is 5.88 Å². The molecule has 2 aliphatic heterocycles. The monoisotopic (exact) mass is 482 g/mol. The predicted molar refractivity (Wildman–Crippen MR) is 113 cm³/mol. The third kappa shape index (κ3) is 4.85. The highest BCUT2D eigenvalue weighted by Gasteiger charge is 2.39. The molecule has 11 heteroatoms. The van der Waals surface area contributed by atoms with Crippen LogP contribution in [0.1, 0.15) is 42.9 Å². The van der Waals surface area contributed by atoms with Gasteiger partial charge in [0.15, 0.2) is 0 Å². The molecule has 7 nitrogen and oxygen atoms in total. The molecule has 0 spiro atoms. The van der Waals surface area contributed by atoms with Gasteiger partial charge in [0, 0.05) is 38.0 Å². The van der Waals surface area contributed by atoms with Crippen LogP contribution in [0.3, 0.4) is 0 Å². The first kappa shape index (κ1) is 22.5. The van der Waals surface area contributed by atoms with Crippen LogP contribution >= 0.6 is 0 Å². The second-order valence-electron chi connectivity index (χ2n) is 8.92. The summed E-state index contributed by atoms with van der Waals surface area (Å²) in [5.41, 5.74) is 0.124. The highest BCUT2D eigenvalue weighted by molar-refractivity contribution is 7.89. The van der Waals surface area contributed by atoms with Gasteiger partial charge in [0.25, 0.3) is 0 Å². The van der Waals surface area contributed by atoms with Crippen LogP contribution in [0.2, 0.25) is 0 Å². The summed E-state index contributed by atoms with van der Waals surface area (Å²) in [6, 6.07) is 3.66. The van der Waals surface area contributed by atoms with Crippen LogP contribution < -0.4 is 4.74 Å². The Morgan fingerprint density at radius 2 is 1.76 bits per heavy atom. The molecule has 3 fully saturated rings. The van der Waals surface area contributed by atoms with Gasteiger partial charge >= 0.3 is 6.18 Å². The molecular weight excluding hydrogens is 457 g/mol. The Bertz CT molecular complexity index is 1090. The van der Waals surface area contributed by atoms with E-state index in [1.165, 1.54) is 4.31 Å². The highest BCUT2D eigenvalue weighted by Crippen LogP contribution is 2.38. The summed E-state index contributed by atoms with van der Waals surface area (Å²) >= 11 is 0. The van der Waals surface area contributed by atoms with Crippen molar-refractivity contribution in [1.82, 2.24) is 19.2 Å². The molecule has 1 saturated carbocycles. The number of rotatable bonds is 5. The molecule has 3 heterocycles. The lowest BCUT2D eigenvalue weighted by molar-refractivity contribution is -0.137. The van der Waals surface area contributed by atoms with E-state index in [-0.39, 0.29) is 23.6 Å². The van der Waals surface area contributed by atoms with E-state index >= 15 is 0 Å². The molecule has 1 aromatic carbocycles. The van der Waals surface area contributed by atoms with Crippen molar-refractivity contribution in [3.8, 4) is 5.88 Å². The average molecular weight is 483 g/mol. The molecule has 178 valence electrons. The van der Waals surface area contributed by atoms with Crippen molar-refractivity contribution in [2.75, 3.05) is 26.2 Å². The summed E-state index contributed by atoms with van der Waals surface area (Å²) in [5.74, 6) is 0.990. The zero-order chi connectivity index (χ0) is 23.2. The fourth-order valence-electron chi connectivity index (χ4n) is 4.59. The maximum Gasteiger partial charge on any atom is 0.416 e. The smallest absolute Gasteiger partial charge is 0.416 e. The van der Waals surface area contributed by atoms with Gasteiger partial charge in [0.05, 0.1) is 28.5 Å². The Morgan fingerprint density at radius 1 is 1.00 bits per heavy atom. The zero-order valence-electron chi connectivity index (χ0n) is 17.9. The summed E-state index contributed by atoms with van der Waals surface area (Å²) in [5, 5.41) is 0. The number of hydrogen-bond donors (Lipinski definition) is 0. The number of fused-ring (bicyclic) bond motifs is 1. The van der Waals surface area contributed by atoms with Gasteiger partial charge in [-0.3, -0.25) is 9.88 Å². The van der Waals surface area contributed by atoms with Gasteiger partial charge in [0.2, 0.25) is 15.9 Å². The number of halogens is 3. The Hall–Kier alpha value is -2.24. The summed E-state index contributed by atoms with van der Waals surface area (Å²) in [4.78, 5) is 10.9. The SMILES string of the molecule is O=S(=O)(c1ccc(C(F)(F)F)cc1)N1CCCN2C[C@@H](Oc3cnc(C4CC4)cn3)C[C@H]2C1. The normalized spacial score (nSPS) is 24.9. The van der Waals surface area contributed by atoms with E-state index in [9.17, 15) is 21.6 Å². The molecule has 1 aromatic heterocycles. The fourth-order valence-corrected chi connectivity index (χ4v) is 6.11. The summed E-state index contributed by atoms with van der Waals surface area (Å²) in [7, 11) is -3.89. The maximum atomic E-state index is 13.1. The van der Waals surface area contributed by atoms with E-state index in [2.05, 4.69) is 14.9 Å². The topological polar surface area (TPSA) is 75.6 Å².